The zero-order chi connectivity index (χ0) is 24.2. The van der Waals surface area contributed by atoms with Crippen LogP contribution >= 0.6 is 0 Å². The van der Waals surface area contributed by atoms with E-state index in [0.29, 0.717) is 17.9 Å². The van der Waals surface area contributed by atoms with E-state index in [0.717, 1.165) is 39.0 Å². The van der Waals surface area contributed by atoms with Gasteiger partial charge >= 0.3 is 0 Å². The molecule has 0 aliphatic rings. The molecule has 0 aliphatic carbocycles. The molecular formula is C28H26FNO4. The highest BCUT2D eigenvalue weighted by Crippen LogP contribution is 2.41. The maximum absolute atomic E-state index is 13.9. The van der Waals surface area contributed by atoms with Gasteiger partial charge in [-0.1, -0.05) is 24.3 Å². The molecule has 0 saturated heterocycles. The number of nitrogens with one attached hydrogen (secondary N) is 1. The van der Waals surface area contributed by atoms with E-state index in [4.69, 9.17) is 13.9 Å². The maximum atomic E-state index is 13.9. The van der Waals surface area contributed by atoms with Crippen molar-refractivity contribution in [3.8, 4) is 22.6 Å². The number of para-hydroxylation sites is 1. The molecule has 0 aliphatic heterocycles. The molecule has 0 atom stereocenters. The molecule has 0 radical (unpaired) electrons. The second kappa shape index (κ2) is 9.83. The molecular weight excluding hydrogens is 433 g/mol. The highest BCUT2D eigenvalue weighted by Gasteiger charge is 2.19. The molecule has 0 fully saturated rings. The van der Waals surface area contributed by atoms with Gasteiger partial charge in [-0.05, 0) is 62.2 Å². The predicted molar refractivity (Wildman–Crippen MR) is 133 cm³/mol. The Labute approximate surface area is 197 Å². The van der Waals surface area contributed by atoms with E-state index in [1.165, 1.54) is 18.2 Å². The summed E-state index contributed by atoms with van der Waals surface area (Å²) in [6, 6.07) is 15.8. The number of carbonyl (C=O) groups is 1. The lowest BCUT2D eigenvalue weighted by atomic mass is 9.96. The number of ether oxygens (including phenoxy) is 2. The number of methoxy groups -OCH3 is 1. The number of hydrogen-bond acceptors (Lipinski definition) is 4. The summed E-state index contributed by atoms with van der Waals surface area (Å²) >= 11 is 0. The minimum absolute atomic E-state index is 0.129. The van der Waals surface area contributed by atoms with E-state index < -0.39 is 11.7 Å². The Bertz CT molecular complexity index is 1370. The van der Waals surface area contributed by atoms with Gasteiger partial charge < -0.3 is 19.2 Å². The summed E-state index contributed by atoms with van der Waals surface area (Å²) in [5.74, 6) is 0.506. The number of hydrogen-bond donors (Lipinski definition) is 1. The van der Waals surface area contributed by atoms with Crippen molar-refractivity contribution in [2.75, 3.05) is 19.0 Å². The van der Waals surface area contributed by atoms with Crippen molar-refractivity contribution in [2.45, 2.75) is 20.8 Å². The smallest absolute Gasteiger partial charge is 0.248 e. The molecule has 1 amide bonds. The van der Waals surface area contributed by atoms with Crippen molar-refractivity contribution in [2.24, 2.45) is 0 Å². The number of rotatable bonds is 7. The van der Waals surface area contributed by atoms with Crippen LogP contribution in [0.3, 0.4) is 0 Å². The zero-order valence-electron chi connectivity index (χ0n) is 19.6. The van der Waals surface area contributed by atoms with Gasteiger partial charge in [-0.25, -0.2) is 4.39 Å². The Balaban J connectivity index is 1.78. The van der Waals surface area contributed by atoms with E-state index in [9.17, 15) is 9.18 Å². The SMILES string of the molecule is CCOc1c(/C(C)=C/C(=O)Nc2ccccc2F)cc2c(-c3ccc(OC)cc3)coc2c1C. The minimum Gasteiger partial charge on any atom is -0.497 e. The summed E-state index contributed by atoms with van der Waals surface area (Å²) in [4.78, 5) is 12.6. The van der Waals surface area contributed by atoms with Crippen LogP contribution in [0.1, 0.15) is 25.0 Å². The normalized spacial score (nSPS) is 11.5. The number of furan rings is 1. The van der Waals surface area contributed by atoms with Crippen molar-refractivity contribution >= 4 is 28.1 Å². The average Bonchev–Trinajstić information content (AvgIpc) is 3.26. The number of fused-ring (bicyclic) bond motifs is 1. The number of aryl methyl sites for hydroxylation is 1. The lowest BCUT2D eigenvalue weighted by molar-refractivity contribution is -0.111. The molecule has 3 aromatic carbocycles. The number of halogens is 1. The molecule has 4 rings (SSSR count). The molecule has 34 heavy (non-hydrogen) atoms. The maximum Gasteiger partial charge on any atom is 0.248 e. The Morgan fingerprint density at radius 3 is 2.56 bits per heavy atom. The van der Waals surface area contributed by atoms with Gasteiger partial charge in [0, 0.05) is 28.2 Å². The monoisotopic (exact) mass is 459 g/mol. The molecule has 6 heteroatoms. The summed E-state index contributed by atoms with van der Waals surface area (Å²) in [5.41, 5.74) is 5.06. The van der Waals surface area contributed by atoms with Gasteiger partial charge in [0.25, 0.3) is 0 Å². The number of benzene rings is 3. The highest BCUT2D eigenvalue weighted by atomic mass is 19.1. The lowest BCUT2D eigenvalue weighted by Crippen LogP contribution is -2.10. The molecule has 0 unspecified atom stereocenters. The predicted octanol–water partition coefficient (Wildman–Crippen LogP) is 7.00. The molecule has 1 aromatic heterocycles. The Morgan fingerprint density at radius 2 is 1.88 bits per heavy atom. The molecule has 0 spiro atoms. The van der Waals surface area contributed by atoms with Gasteiger partial charge in [-0.3, -0.25) is 4.79 Å². The van der Waals surface area contributed by atoms with E-state index in [1.807, 2.05) is 51.1 Å². The highest BCUT2D eigenvalue weighted by molar-refractivity contribution is 6.06. The summed E-state index contributed by atoms with van der Waals surface area (Å²) in [7, 11) is 1.63. The summed E-state index contributed by atoms with van der Waals surface area (Å²) in [6.07, 6.45) is 3.17. The first-order chi connectivity index (χ1) is 16.4. The quantitative estimate of drug-likeness (QED) is 0.302. The van der Waals surface area contributed by atoms with Crippen LogP contribution in [0.25, 0.3) is 27.7 Å². The first kappa shape index (κ1) is 23.1. The fourth-order valence-electron chi connectivity index (χ4n) is 3.94. The molecule has 0 saturated carbocycles. The Morgan fingerprint density at radius 1 is 1.15 bits per heavy atom. The van der Waals surface area contributed by atoms with Crippen LogP contribution in [0.5, 0.6) is 11.5 Å². The van der Waals surface area contributed by atoms with Gasteiger partial charge in [0.05, 0.1) is 25.7 Å². The summed E-state index contributed by atoms with van der Waals surface area (Å²) < 4.78 is 31.1. The fourth-order valence-corrected chi connectivity index (χ4v) is 3.94. The average molecular weight is 460 g/mol. The minimum atomic E-state index is -0.489. The number of carbonyl (C=O) groups excluding carboxylic acids is 1. The number of allylic oxidation sites excluding steroid dienone is 1. The molecule has 0 bridgehead atoms. The largest absolute Gasteiger partial charge is 0.497 e. The molecule has 4 aromatic rings. The van der Waals surface area contributed by atoms with Crippen LogP contribution in [-0.2, 0) is 4.79 Å². The fraction of sp³-hybridized carbons (Fsp3) is 0.179. The van der Waals surface area contributed by atoms with Crippen molar-refractivity contribution in [1.29, 1.82) is 0 Å². The van der Waals surface area contributed by atoms with Gasteiger partial charge in [-0.15, -0.1) is 0 Å². The topological polar surface area (TPSA) is 60.7 Å². The van der Waals surface area contributed by atoms with E-state index in [1.54, 1.807) is 25.5 Å². The third-order valence-electron chi connectivity index (χ3n) is 5.64. The van der Waals surface area contributed by atoms with E-state index in [-0.39, 0.29) is 5.69 Å². The standard InChI is InChI=1S/C28H26FNO4/c1-5-33-27-18(3)28-22(23(16-34-28)19-10-12-20(32-4)13-11-19)15-21(27)17(2)14-26(31)30-25-9-7-6-8-24(25)29/h6-16H,5H2,1-4H3,(H,30,31)/b17-14+. The van der Waals surface area contributed by atoms with Gasteiger partial charge in [0.15, 0.2) is 0 Å². The third-order valence-corrected chi connectivity index (χ3v) is 5.64. The second-order valence-corrected chi connectivity index (χ2v) is 7.86. The summed E-state index contributed by atoms with van der Waals surface area (Å²) in [5, 5.41) is 3.50. The summed E-state index contributed by atoms with van der Waals surface area (Å²) in [6.45, 7) is 6.13. The lowest BCUT2D eigenvalue weighted by Gasteiger charge is -2.15. The molecule has 5 nitrogen and oxygen atoms in total. The van der Waals surface area contributed by atoms with Crippen LogP contribution in [0.4, 0.5) is 10.1 Å². The van der Waals surface area contributed by atoms with E-state index >= 15 is 0 Å². The van der Waals surface area contributed by atoms with E-state index in [2.05, 4.69) is 5.32 Å². The van der Waals surface area contributed by atoms with Crippen molar-refractivity contribution in [3.63, 3.8) is 0 Å². The molecule has 1 N–H and O–H groups in total. The number of anilines is 1. The van der Waals surface area contributed by atoms with Gasteiger partial charge in [0.2, 0.25) is 5.91 Å². The Hall–Kier alpha value is -4.06. The van der Waals surface area contributed by atoms with Crippen molar-refractivity contribution in [3.05, 3.63) is 83.9 Å². The van der Waals surface area contributed by atoms with Crippen LogP contribution < -0.4 is 14.8 Å². The number of amides is 1. The van der Waals surface area contributed by atoms with Crippen molar-refractivity contribution < 1.29 is 23.1 Å². The third kappa shape index (κ3) is 4.53. The Kier molecular flexibility index (Phi) is 6.68. The second-order valence-electron chi connectivity index (χ2n) is 7.86. The van der Waals surface area contributed by atoms with Crippen LogP contribution in [0.2, 0.25) is 0 Å². The van der Waals surface area contributed by atoms with Crippen LogP contribution in [0.15, 0.2) is 71.4 Å². The van der Waals surface area contributed by atoms with Crippen molar-refractivity contribution in [1.82, 2.24) is 0 Å². The van der Waals surface area contributed by atoms with Crippen LogP contribution in [-0.4, -0.2) is 19.6 Å². The molecule has 174 valence electrons. The van der Waals surface area contributed by atoms with Crippen LogP contribution in [0, 0.1) is 12.7 Å². The zero-order valence-corrected chi connectivity index (χ0v) is 19.6. The first-order valence-electron chi connectivity index (χ1n) is 11.0. The first-order valence-corrected chi connectivity index (χ1v) is 11.0. The van der Waals surface area contributed by atoms with Gasteiger partial charge in [0.1, 0.15) is 22.9 Å². The van der Waals surface area contributed by atoms with Gasteiger partial charge in [-0.2, -0.15) is 0 Å². The molecule has 1 heterocycles.